The number of anilines is 2. The Hall–Kier alpha value is -3.64. The van der Waals surface area contributed by atoms with Crippen LogP contribution in [0.25, 0.3) is 0 Å². The zero-order valence-corrected chi connectivity index (χ0v) is 20.9. The molecule has 38 heavy (non-hydrogen) atoms. The van der Waals surface area contributed by atoms with Crippen molar-refractivity contribution < 1.29 is 27.8 Å². The number of aromatic nitrogens is 2. The molecule has 0 radical (unpaired) electrons. The maximum absolute atomic E-state index is 13.7. The molecule has 1 aromatic heterocycles. The second-order valence-electron chi connectivity index (χ2n) is 9.48. The van der Waals surface area contributed by atoms with E-state index in [4.69, 9.17) is 16.3 Å². The molecule has 1 aliphatic carbocycles. The number of hydrogen-bond acceptors (Lipinski definition) is 7. The predicted octanol–water partition coefficient (Wildman–Crippen LogP) is 3.67. The normalized spacial score (nSPS) is 17.6. The topological polar surface area (TPSA) is 98.0 Å². The summed E-state index contributed by atoms with van der Waals surface area (Å²) in [5.74, 6) is -0.226. The molecule has 2 aliphatic rings. The molecule has 3 aromatic rings. The van der Waals surface area contributed by atoms with Crippen LogP contribution in [0.4, 0.5) is 24.7 Å². The van der Waals surface area contributed by atoms with Crippen LogP contribution in [0, 0.1) is 5.41 Å². The van der Waals surface area contributed by atoms with Crippen LogP contribution in [-0.2, 0) is 20.1 Å². The van der Waals surface area contributed by atoms with Gasteiger partial charge in [-0.25, -0.2) is 4.79 Å². The van der Waals surface area contributed by atoms with E-state index in [1.54, 1.807) is 29.2 Å². The van der Waals surface area contributed by atoms with Crippen LogP contribution in [0.5, 0.6) is 11.5 Å². The van der Waals surface area contributed by atoms with Crippen LogP contribution in [-0.4, -0.2) is 33.6 Å². The smallest absolute Gasteiger partial charge is 0.452 e. The minimum atomic E-state index is -4.88. The van der Waals surface area contributed by atoms with Gasteiger partial charge in [-0.3, -0.25) is 13.9 Å². The molecule has 2 N–H and O–H groups in total. The van der Waals surface area contributed by atoms with Crippen LogP contribution >= 0.6 is 11.6 Å². The summed E-state index contributed by atoms with van der Waals surface area (Å²) in [6.45, 7) is 0.0765. The highest BCUT2D eigenvalue weighted by Gasteiger charge is 2.44. The fraction of sp³-hybridized carbons (Fsp3) is 0.360. The largest absolute Gasteiger partial charge is 0.573 e. The van der Waals surface area contributed by atoms with Crippen molar-refractivity contribution >= 4 is 23.1 Å². The lowest BCUT2D eigenvalue weighted by atomic mass is 10.1. The number of alkyl halides is 3. The van der Waals surface area contributed by atoms with Crippen molar-refractivity contribution in [3.05, 3.63) is 80.0 Å². The van der Waals surface area contributed by atoms with Crippen LogP contribution in [0.15, 0.2) is 58.1 Å². The molecule has 1 aliphatic heterocycles. The zero-order valence-electron chi connectivity index (χ0n) is 20.2. The highest BCUT2D eigenvalue weighted by molar-refractivity contribution is 6.30. The summed E-state index contributed by atoms with van der Waals surface area (Å²) in [5, 5.41) is 13.3. The molecule has 1 fully saturated rings. The van der Waals surface area contributed by atoms with Gasteiger partial charge < -0.3 is 24.8 Å². The van der Waals surface area contributed by atoms with Crippen molar-refractivity contribution in [1.82, 2.24) is 9.13 Å². The molecule has 13 heteroatoms. The van der Waals surface area contributed by atoms with E-state index in [9.17, 15) is 27.9 Å². The Morgan fingerprint density at radius 3 is 2.45 bits per heavy atom. The van der Waals surface area contributed by atoms with Crippen LogP contribution in [0.1, 0.15) is 18.4 Å². The van der Waals surface area contributed by atoms with E-state index in [-0.39, 0.29) is 37.0 Å². The maximum Gasteiger partial charge on any atom is 0.573 e. The van der Waals surface area contributed by atoms with Crippen molar-refractivity contribution in [2.45, 2.75) is 38.6 Å². The van der Waals surface area contributed by atoms with E-state index in [1.807, 2.05) is 0 Å². The first-order valence-corrected chi connectivity index (χ1v) is 12.1. The third kappa shape index (κ3) is 5.18. The predicted molar refractivity (Wildman–Crippen MR) is 133 cm³/mol. The Labute approximate surface area is 219 Å². The van der Waals surface area contributed by atoms with Crippen molar-refractivity contribution in [3.8, 4) is 11.5 Å². The van der Waals surface area contributed by atoms with Gasteiger partial charge in [-0.05, 0) is 42.7 Å². The summed E-state index contributed by atoms with van der Waals surface area (Å²) in [6.07, 6.45) is -4.53. The lowest BCUT2D eigenvalue weighted by molar-refractivity contribution is -0.274. The van der Waals surface area contributed by atoms with Crippen molar-refractivity contribution in [2.75, 3.05) is 16.8 Å². The summed E-state index contributed by atoms with van der Waals surface area (Å²) >= 11 is 6.02. The molecule has 1 atom stereocenters. The van der Waals surface area contributed by atoms with Gasteiger partial charge in [0.2, 0.25) is 0 Å². The minimum absolute atomic E-state index is 0.0423. The highest BCUT2D eigenvalue weighted by atomic mass is 35.5. The number of aliphatic hydroxyl groups excluding tert-OH is 1. The summed E-state index contributed by atoms with van der Waals surface area (Å²) in [7, 11) is 1.50. The lowest BCUT2D eigenvalue weighted by Crippen LogP contribution is -2.44. The summed E-state index contributed by atoms with van der Waals surface area (Å²) in [4.78, 5) is 28.4. The average Bonchev–Trinajstić information content (AvgIpc) is 3.56. The molecule has 0 spiro atoms. The second kappa shape index (κ2) is 9.59. The molecule has 1 unspecified atom stereocenters. The average molecular weight is 553 g/mol. The standard InChI is InChI=1S/C25H24ClF3N4O5/c1-31-20-19(21(35)33(23(31)36)13-24(14-34)9-10-24)32(12-15-5-7-16(26)8-6-15)22(30-20)37-17-3-2-4-18(11-17)38-25(27,28)29/h2-8,11,22,30,34H,9-10,12-14H2,1H3. The maximum atomic E-state index is 13.7. The summed E-state index contributed by atoms with van der Waals surface area (Å²) in [5.41, 5.74) is -0.714. The van der Waals surface area contributed by atoms with Gasteiger partial charge in [0.25, 0.3) is 11.9 Å². The molecule has 0 amide bonds. The van der Waals surface area contributed by atoms with E-state index in [0.29, 0.717) is 17.9 Å². The van der Waals surface area contributed by atoms with Gasteiger partial charge in [0, 0.05) is 36.6 Å². The molecular weight excluding hydrogens is 529 g/mol. The van der Waals surface area contributed by atoms with Crippen LogP contribution in [0.2, 0.25) is 5.02 Å². The van der Waals surface area contributed by atoms with Gasteiger partial charge >= 0.3 is 12.1 Å². The number of benzene rings is 2. The number of hydrogen-bond donors (Lipinski definition) is 2. The molecule has 2 heterocycles. The SMILES string of the molecule is Cn1c2c(c(=O)n(CC3(CO)CC3)c1=O)N(Cc1ccc(Cl)cc1)C(Oc1cccc(OC(F)(F)F)c1)N2. The first kappa shape index (κ1) is 26.0. The molecule has 2 aromatic carbocycles. The quantitative estimate of drug-likeness (QED) is 0.440. The molecule has 202 valence electrons. The van der Waals surface area contributed by atoms with Gasteiger partial charge in [0.1, 0.15) is 23.0 Å². The van der Waals surface area contributed by atoms with E-state index >= 15 is 0 Å². The van der Waals surface area contributed by atoms with Gasteiger partial charge in [0.05, 0.1) is 6.61 Å². The summed E-state index contributed by atoms with van der Waals surface area (Å²) in [6, 6.07) is 11.9. The fourth-order valence-corrected chi connectivity index (χ4v) is 4.55. The number of aliphatic hydroxyl groups is 1. The first-order chi connectivity index (χ1) is 18.0. The number of nitrogens with one attached hydrogen (secondary N) is 1. The van der Waals surface area contributed by atoms with E-state index in [2.05, 4.69) is 10.1 Å². The molecule has 0 saturated heterocycles. The molecule has 1 saturated carbocycles. The second-order valence-corrected chi connectivity index (χ2v) is 9.92. The number of nitrogens with zero attached hydrogens (tertiary/aromatic N) is 3. The zero-order chi connectivity index (χ0) is 27.2. The van der Waals surface area contributed by atoms with Gasteiger partial charge in [-0.2, -0.15) is 0 Å². The first-order valence-electron chi connectivity index (χ1n) is 11.7. The molecule has 9 nitrogen and oxygen atoms in total. The number of rotatable bonds is 8. The van der Waals surface area contributed by atoms with Crippen molar-refractivity contribution in [3.63, 3.8) is 0 Å². The number of halogens is 4. The Kier molecular flexibility index (Phi) is 6.56. The Morgan fingerprint density at radius 2 is 1.82 bits per heavy atom. The van der Waals surface area contributed by atoms with Gasteiger partial charge in [-0.1, -0.05) is 29.8 Å². The molecule has 0 bridgehead atoms. The molecular formula is C25H24ClF3N4O5. The van der Waals surface area contributed by atoms with Crippen LogP contribution in [0.3, 0.4) is 0 Å². The van der Waals surface area contributed by atoms with Crippen LogP contribution < -0.4 is 30.9 Å². The van der Waals surface area contributed by atoms with E-state index < -0.39 is 35.1 Å². The third-order valence-electron chi connectivity index (χ3n) is 6.69. The van der Waals surface area contributed by atoms with E-state index in [1.165, 1.54) is 23.7 Å². The third-order valence-corrected chi connectivity index (χ3v) is 6.95. The van der Waals surface area contributed by atoms with Gasteiger partial charge in [0.15, 0.2) is 0 Å². The van der Waals surface area contributed by atoms with E-state index in [0.717, 1.165) is 22.3 Å². The monoisotopic (exact) mass is 552 g/mol. The highest BCUT2D eigenvalue weighted by Crippen LogP contribution is 2.46. The minimum Gasteiger partial charge on any atom is -0.452 e. The summed E-state index contributed by atoms with van der Waals surface area (Å²) < 4.78 is 50.5. The Morgan fingerprint density at radius 1 is 1.13 bits per heavy atom. The Balaban J connectivity index is 1.54. The lowest BCUT2D eigenvalue weighted by Gasteiger charge is -2.27. The van der Waals surface area contributed by atoms with Crippen molar-refractivity contribution in [2.24, 2.45) is 12.5 Å². The van der Waals surface area contributed by atoms with Gasteiger partial charge in [-0.15, -0.1) is 13.2 Å². The number of fused-ring (bicyclic) bond motifs is 1. The number of ether oxygens (including phenoxy) is 2. The van der Waals surface area contributed by atoms with Crippen molar-refractivity contribution in [1.29, 1.82) is 0 Å². The Bertz CT molecular complexity index is 1470. The fourth-order valence-electron chi connectivity index (χ4n) is 4.42. The molecule has 5 rings (SSSR count).